The SMILES string of the molecule is CC(=O)C(S)(CCCN1C(=O)CCC1=O)C(=O)O. The summed E-state index contributed by atoms with van der Waals surface area (Å²) in [6.45, 7) is 1.30. The summed E-state index contributed by atoms with van der Waals surface area (Å²) in [5, 5.41) is 8.95. The number of carbonyl (C=O) groups is 4. The Kier molecular flexibility index (Phi) is 4.50. The fraction of sp³-hybridized carbons (Fsp3) is 0.636. The van der Waals surface area contributed by atoms with Crippen molar-refractivity contribution in [1.82, 2.24) is 4.90 Å². The van der Waals surface area contributed by atoms with Gasteiger partial charge in [0.2, 0.25) is 11.8 Å². The summed E-state index contributed by atoms with van der Waals surface area (Å²) < 4.78 is -1.74. The number of amides is 2. The number of carbonyl (C=O) groups excluding carboxylic acids is 3. The van der Waals surface area contributed by atoms with Gasteiger partial charge in [-0.25, -0.2) is 0 Å². The van der Waals surface area contributed by atoms with Crippen molar-refractivity contribution in [3.63, 3.8) is 0 Å². The van der Waals surface area contributed by atoms with Gasteiger partial charge in [0.05, 0.1) is 0 Å². The summed E-state index contributed by atoms with van der Waals surface area (Å²) in [4.78, 5) is 46.0. The van der Waals surface area contributed by atoms with E-state index in [4.69, 9.17) is 5.11 Å². The third-order valence-corrected chi connectivity index (χ3v) is 3.74. The Morgan fingerprint density at radius 2 is 1.83 bits per heavy atom. The first-order valence-electron chi connectivity index (χ1n) is 5.59. The molecule has 0 bridgehead atoms. The second-order valence-corrected chi connectivity index (χ2v) is 5.03. The molecule has 1 rings (SSSR count). The van der Waals surface area contributed by atoms with Crippen LogP contribution in [0.3, 0.4) is 0 Å². The molecule has 1 aliphatic rings. The van der Waals surface area contributed by atoms with E-state index in [0.717, 1.165) is 11.8 Å². The predicted molar refractivity (Wildman–Crippen MR) is 65.2 cm³/mol. The Labute approximate surface area is 110 Å². The maximum Gasteiger partial charge on any atom is 0.327 e. The van der Waals surface area contributed by atoms with E-state index in [1.807, 2.05) is 0 Å². The largest absolute Gasteiger partial charge is 0.480 e. The third-order valence-electron chi connectivity index (χ3n) is 3.01. The monoisotopic (exact) mass is 273 g/mol. The number of nitrogens with zero attached hydrogens (tertiary/aromatic N) is 1. The van der Waals surface area contributed by atoms with Gasteiger partial charge in [0.25, 0.3) is 0 Å². The summed E-state index contributed by atoms with van der Waals surface area (Å²) in [7, 11) is 0. The van der Waals surface area contributed by atoms with Crippen molar-refractivity contribution in [1.29, 1.82) is 0 Å². The smallest absolute Gasteiger partial charge is 0.327 e. The number of thiol groups is 1. The molecule has 0 aromatic carbocycles. The van der Waals surface area contributed by atoms with Crippen molar-refractivity contribution in [2.45, 2.75) is 37.4 Å². The summed E-state index contributed by atoms with van der Waals surface area (Å²) in [5.74, 6) is -2.36. The Morgan fingerprint density at radius 3 is 2.22 bits per heavy atom. The van der Waals surface area contributed by atoms with Crippen molar-refractivity contribution < 1.29 is 24.3 Å². The number of rotatable bonds is 6. The minimum absolute atomic E-state index is 0.0160. The fourth-order valence-electron chi connectivity index (χ4n) is 1.80. The van der Waals surface area contributed by atoms with Crippen LogP contribution in [-0.2, 0) is 19.2 Å². The van der Waals surface area contributed by atoms with Gasteiger partial charge in [-0.2, -0.15) is 12.6 Å². The molecule has 1 aliphatic heterocycles. The van der Waals surface area contributed by atoms with E-state index in [9.17, 15) is 19.2 Å². The standard InChI is InChI=1S/C11H15NO5S/c1-7(13)11(18,10(16)17)5-2-6-12-8(14)3-4-9(12)15/h18H,2-6H2,1H3,(H,16,17). The zero-order valence-electron chi connectivity index (χ0n) is 10.0. The number of hydrogen-bond acceptors (Lipinski definition) is 5. The molecule has 1 fully saturated rings. The van der Waals surface area contributed by atoms with Gasteiger partial charge in [-0.05, 0) is 19.8 Å². The van der Waals surface area contributed by atoms with Crippen LogP contribution >= 0.6 is 12.6 Å². The molecule has 1 unspecified atom stereocenters. The minimum atomic E-state index is -1.74. The first-order valence-corrected chi connectivity index (χ1v) is 6.04. The number of Topliss-reactive ketones (excluding diaryl/α,β-unsaturated/α-hetero) is 1. The topological polar surface area (TPSA) is 91.8 Å². The molecular weight excluding hydrogens is 258 g/mol. The highest BCUT2D eigenvalue weighted by Crippen LogP contribution is 2.24. The molecule has 100 valence electrons. The molecular formula is C11H15NO5S. The van der Waals surface area contributed by atoms with Gasteiger partial charge in [0.1, 0.15) is 0 Å². The minimum Gasteiger partial charge on any atom is -0.480 e. The highest BCUT2D eigenvalue weighted by Gasteiger charge is 2.39. The second-order valence-electron chi connectivity index (χ2n) is 4.26. The lowest BCUT2D eigenvalue weighted by Gasteiger charge is -2.21. The lowest BCUT2D eigenvalue weighted by atomic mass is 9.98. The average Bonchev–Trinajstić information content (AvgIpc) is 2.59. The number of carboxylic acids is 1. The molecule has 1 saturated heterocycles. The summed E-state index contributed by atoms with van der Waals surface area (Å²) in [5.41, 5.74) is 0. The molecule has 0 aliphatic carbocycles. The number of imide groups is 1. The van der Waals surface area contributed by atoms with Gasteiger partial charge >= 0.3 is 5.97 Å². The number of likely N-dealkylation sites (tertiary alicyclic amines) is 1. The lowest BCUT2D eigenvalue weighted by molar-refractivity contribution is -0.143. The highest BCUT2D eigenvalue weighted by molar-refractivity contribution is 7.83. The zero-order valence-corrected chi connectivity index (χ0v) is 10.9. The van der Waals surface area contributed by atoms with Crippen LogP contribution in [0.25, 0.3) is 0 Å². The van der Waals surface area contributed by atoms with Gasteiger partial charge in [-0.15, -0.1) is 0 Å². The summed E-state index contributed by atoms with van der Waals surface area (Å²) in [6.07, 6.45) is 0.637. The maximum atomic E-state index is 11.3. The van der Waals surface area contributed by atoms with Gasteiger partial charge in [0, 0.05) is 19.4 Å². The number of ketones is 1. The van der Waals surface area contributed by atoms with Crippen molar-refractivity contribution in [2.75, 3.05) is 6.54 Å². The molecule has 1 heterocycles. The summed E-state index contributed by atoms with van der Waals surface area (Å²) >= 11 is 3.89. The molecule has 0 spiro atoms. The normalized spacial score (nSPS) is 18.9. The van der Waals surface area contributed by atoms with Gasteiger partial charge in [0.15, 0.2) is 10.5 Å². The fourth-order valence-corrected chi connectivity index (χ4v) is 1.96. The Hall–Kier alpha value is -1.37. The molecule has 0 aromatic heterocycles. The third kappa shape index (κ3) is 2.90. The highest BCUT2D eigenvalue weighted by atomic mass is 32.1. The van der Waals surface area contributed by atoms with E-state index in [1.54, 1.807) is 0 Å². The zero-order chi connectivity index (χ0) is 13.9. The van der Waals surface area contributed by atoms with Crippen LogP contribution in [0.2, 0.25) is 0 Å². The first-order chi connectivity index (χ1) is 8.29. The molecule has 0 aromatic rings. The van der Waals surface area contributed by atoms with Gasteiger partial charge in [-0.3, -0.25) is 24.1 Å². The Bertz CT molecular complexity index is 376. The van der Waals surface area contributed by atoms with Crippen LogP contribution in [0.15, 0.2) is 0 Å². The molecule has 18 heavy (non-hydrogen) atoms. The van der Waals surface area contributed by atoms with Crippen LogP contribution in [0.4, 0.5) is 0 Å². The summed E-state index contributed by atoms with van der Waals surface area (Å²) in [6, 6.07) is 0. The van der Waals surface area contributed by atoms with Crippen LogP contribution in [0.5, 0.6) is 0 Å². The molecule has 2 amide bonds. The van der Waals surface area contributed by atoms with E-state index in [-0.39, 0.29) is 44.0 Å². The van der Waals surface area contributed by atoms with Crippen molar-refractivity contribution in [2.24, 2.45) is 0 Å². The number of aliphatic carboxylic acids is 1. The predicted octanol–water partition coefficient (Wildman–Crippen LogP) is 0.258. The Balaban J connectivity index is 2.55. The quantitative estimate of drug-likeness (QED) is 0.411. The van der Waals surface area contributed by atoms with Crippen LogP contribution in [-0.4, -0.2) is 44.9 Å². The van der Waals surface area contributed by atoms with Crippen LogP contribution < -0.4 is 0 Å². The van der Waals surface area contributed by atoms with Crippen molar-refractivity contribution in [3.05, 3.63) is 0 Å². The van der Waals surface area contributed by atoms with E-state index >= 15 is 0 Å². The van der Waals surface area contributed by atoms with Crippen molar-refractivity contribution in [3.8, 4) is 0 Å². The van der Waals surface area contributed by atoms with Gasteiger partial charge in [-0.1, -0.05) is 0 Å². The van der Waals surface area contributed by atoms with Crippen LogP contribution in [0.1, 0.15) is 32.6 Å². The van der Waals surface area contributed by atoms with E-state index in [2.05, 4.69) is 12.6 Å². The number of carboxylic acid groups (broad SMARTS) is 1. The Morgan fingerprint density at radius 1 is 1.33 bits per heavy atom. The van der Waals surface area contributed by atoms with E-state index < -0.39 is 16.5 Å². The van der Waals surface area contributed by atoms with E-state index in [0.29, 0.717) is 0 Å². The molecule has 1 N–H and O–H groups in total. The first kappa shape index (κ1) is 14.7. The van der Waals surface area contributed by atoms with Gasteiger partial charge < -0.3 is 5.11 Å². The molecule has 1 atom stereocenters. The molecule has 0 saturated carbocycles. The second kappa shape index (κ2) is 5.51. The average molecular weight is 273 g/mol. The van der Waals surface area contributed by atoms with Crippen LogP contribution in [0, 0.1) is 0 Å². The molecule has 6 nitrogen and oxygen atoms in total. The van der Waals surface area contributed by atoms with Crippen molar-refractivity contribution >= 4 is 36.2 Å². The maximum absolute atomic E-state index is 11.3. The molecule has 0 radical (unpaired) electrons. The molecule has 7 heteroatoms. The van der Waals surface area contributed by atoms with E-state index in [1.165, 1.54) is 0 Å². The lowest BCUT2D eigenvalue weighted by Crippen LogP contribution is -2.41. The number of hydrogen-bond donors (Lipinski definition) is 2.